The lowest BCUT2D eigenvalue weighted by Crippen LogP contribution is -2.10. The molecular weight excluding hydrogens is 363 g/mol. The number of hydrogen-bond acceptors (Lipinski definition) is 7. The molecule has 0 aliphatic carbocycles. The summed E-state index contributed by atoms with van der Waals surface area (Å²) in [5, 5.41) is 0. The first-order valence-electron chi connectivity index (χ1n) is 6.22. The second kappa shape index (κ2) is 6.54. The molecule has 0 saturated heterocycles. The van der Waals surface area contributed by atoms with Crippen molar-refractivity contribution < 1.29 is 29.3 Å². The van der Waals surface area contributed by atoms with Crippen molar-refractivity contribution in [2.75, 3.05) is 6.66 Å². The minimum atomic E-state index is -4.44. The third kappa shape index (κ3) is 4.73. The monoisotopic (exact) mass is 376 g/mol. The average Bonchev–Trinajstić information content (AvgIpc) is 2.47. The molecule has 0 aliphatic rings. The Morgan fingerprint density at radius 1 is 0.696 bits per heavy atom. The molecule has 0 N–H and O–H groups in total. The fraction of sp³-hybridized carbons (Fsp3) is 0.0769. The van der Waals surface area contributed by atoms with Crippen LogP contribution in [0.5, 0.6) is 0 Å². The van der Waals surface area contributed by atoms with E-state index in [2.05, 4.69) is 7.94 Å². The Bertz CT molecular complexity index is 847. The van der Waals surface area contributed by atoms with Crippen LogP contribution in [0.15, 0.2) is 70.5 Å². The van der Waals surface area contributed by atoms with Crippen LogP contribution in [-0.2, 0) is 32.7 Å². The second-order valence-electron chi connectivity index (χ2n) is 4.45. The van der Waals surface area contributed by atoms with E-state index >= 15 is 0 Å². The second-order valence-corrected chi connectivity index (χ2v) is 9.95. The van der Waals surface area contributed by atoms with Gasteiger partial charge >= 0.3 is 27.8 Å². The van der Waals surface area contributed by atoms with Gasteiger partial charge in [0.2, 0.25) is 0 Å². The van der Waals surface area contributed by atoms with Gasteiger partial charge in [0.25, 0.3) is 0 Å². The van der Waals surface area contributed by atoms with Crippen molar-refractivity contribution in [3.63, 3.8) is 0 Å². The quantitative estimate of drug-likeness (QED) is 0.714. The Balaban J connectivity index is 2.25. The van der Waals surface area contributed by atoms with Crippen LogP contribution in [0.3, 0.4) is 0 Å². The first-order valence-corrected chi connectivity index (χ1v) is 11.0. The zero-order valence-corrected chi connectivity index (χ0v) is 14.4. The van der Waals surface area contributed by atoms with Gasteiger partial charge in [-0.3, -0.25) is 4.57 Å². The van der Waals surface area contributed by atoms with Crippen LogP contribution in [0.2, 0.25) is 0 Å². The summed E-state index contributed by atoms with van der Waals surface area (Å²) < 4.78 is 69.2. The molecule has 0 fully saturated rings. The topological polar surface area (TPSA) is 104 Å². The van der Waals surface area contributed by atoms with E-state index in [0.717, 1.165) is 6.66 Å². The van der Waals surface area contributed by atoms with Crippen molar-refractivity contribution in [3.05, 3.63) is 60.7 Å². The molecule has 23 heavy (non-hydrogen) atoms. The fourth-order valence-corrected chi connectivity index (χ4v) is 6.47. The highest BCUT2D eigenvalue weighted by atomic mass is 32.2. The van der Waals surface area contributed by atoms with Gasteiger partial charge < -0.3 is 0 Å². The normalized spacial score (nSPS) is 12.9. The molecule has 0 radical (unpaired) electrons. The molecule has 2 aromatic carbocycles. The molecule has 0 unspecified atom stereocenters. The van der Waals surface area contributed by atoms with Gasteiger partial charge in [-0.1, -0.05) is 36.4 Å². The maximum atomic E-state index is 12.2. The van der Waals surface area contributed by atoms with Crippen molar-refractivity contribution >= 4 is 27.8 Å². The molecule has 0 aliphatic heterocycles. The van der Waals surface area contributed by atoms with Gasteiger partial charge in [0, 0.05) is 6.66 Å². The zero-order valence-electron chi connectivity index (χ0n) is 11.9. The fourth-order valence-electron chi connectivity index (χ4n) is 1.63. The smallest absolute Gasteiger partial charge is 0.258 e. The van der Waals surface area contributed by atoms with Crippen molar-refractivity contribution in [1.82, 2.24) is 0 Å². The summed E-state index contributed by atoms with van der Waals surface area (Å²) in [6.07, 6.45) is 0. The molecule has 0 amide bonds. The summed E-state index contributed by atoms with van der Waals surface area (Å²) in [6, 6.07) is 13.8. The van der Waals surface area contributed by atoms with E-state index in [1.807, 2.05) is 0 Å². The minimum absolute atomic E-state index is 0.261. The van der Waals surface area contributed by atoms with Crippen LogP contribution < -0.4 is 0 Å². The van der Waals surface area contributed by atoms with E-state index in [9.17, 15) is 21.4 Å². The summed E-state index contributed by atoms with van der Waals surface area (Å²) in [5.74, 6) is 0. The predicted molar refractivity (Wildman–Crippen MR) is 83.0 cm³/mol. The Morgan fingerprint density at radius 2 is 1.00 bits per heavy atom. The van der Waals surface area contributed by atoms with Gasteiger partial charge in [-0.05, 0) is 24.3 Å². The van der Waals surface area contributed by atoms with Crippen LogP contribution in [-0.4, -0.2) is 23.5 Å². The molecule has 2 rings (SSSR count). The molecule has 7 nitrogen and oxygen atoms in total. The molecule has 0 spiro atoms. The number of rotatable bonds is 6. The lowest BCUT2D eigenvalue weighted by molar-refractivity contribution is 0.386. The summed E-state index contributed by atoms with van der Waals surface area (Å²) >= 11 is 0. The highest BCUT2D eigenvalue weighted by molar-refractivity contribution is 7.95. The van der Waals surface area contributed by atoms with Gasteiger partial charge in [-0.25, -0.2) is 0 Å². The van der Waals surface area contributed by atoms with Gasteiger partial charge in [-0.15, -0.1) is 0 Å². The third-order valence-electron chi connectivity index (χ3n) is 2.53. The van der Waals surface area contributed by atoms with Crippen LogP contribution in [0.1, 0.15) is 0 Å². The van der Waals surface area contributed by atoms with Crippen LogP contribution in [0, 0.1) is 0 Å². The number of benzene rings is 2. The van der Waals surface area contributed by atoms with Crippen molar-refractivity contribution in [2.45, 2.75) is 9.79 Å². The Morgan fingerprint density at radius 3 is 1.30 bits per heavy atom. The molecule has 0 aromatic heterocycles. The van der Waals surface area contributed by atoms with E-state index in [-0.39, 0.29) is 9.79 Å². The molecule has 0 heterocycles. The van der Waals surface area contributed by atoms with Gasteiger partial charge in [0.05, 0.1) is 9.79 Å². The number of hydrogen-bond donors (Lipinski definition) is 0. The van der Waals surface area contributed by atoms with Crippen molar-refractivity contribution in [3.8, 4) is 0 Å². The van der Waals surface area contributed by atoms with E-state index in [1.54, 1.807) is 12.1 Å². The Labute approximate surface area is 134 Å². The van der Waals surface area contributed by atoms with Crippen molar-refractivity contribution in [2.24, 2.45) is 0 Å². The van der Waals surface area contributed by atoms with E-state index in [1.165, 1.54) is 48.5 Å². The van der Waals surface area contributed by atoms with Gasteiger partial charge in [-0.2, -0.15) is 24.8 Å². The van der Waals surface area contributed by atoms with E-state index in [0.29, 0.717) is 0 Å². The summed E-state index contributed by atoms with van der Waals surface area (Å²) in [7, 11) is -13.3. The molecule has 10 heteroatoms. The lowest BCUT2D eigenvalue weighted by atomic mass is 10.4. The van der Waals surface area contributed by atoms with Crippen molar-refractivity contribution in [1.29, 1.82) is 0 Å². The third-order valence-corrected chi connectivity index (χ3v) is 7.97. The van der Waals surface area contributed by atoms with E-state index in [4.69, 9.17) is 0 Å². The predicted octanol–water partition coefficient (Wildman–Crippen LogP) is 2.62. The van der Waals surface area contributed by atoms with Gasteiger partial charge in [0.15, 0.2) is 0 Å². The van der Waals surface area contributed by atoms with Crippen LogP contribution >= 0.6 is 7.60 Å². The first-order chi connectivity index (χ1) is 10.6. The standard InChI is InChI=1S/C13H13O7PS2/c1-21(14,19-22(15,16)12-8-4-2-5-9-12)20-23(17,18)13-10-6-3-7-11-13/h2-11H,1H3. The molecule has 124 valence electrons. The maximum Gasteiger partial charge on any atom is 0.357 e. The first kappa shape index (κ1) is 17.8. The van der Waals surface area contributed by atoms with Gasteiger partial charge in [0.1, 0.15) is 0 Å². The van der Waals surface area contributed by atoms with E-state index < -0.39 is 27.8 Å². The summed E-state index contributed by atoms with van der Waals surface area (Å²) in [4.78, 5) is -0.523. The van der Waals surface area contributed by atoms with Crippen LogP contribution in [0.25, 0.3) is 0 Å². The maximum absolute atomic E-state index is 12.2. The molecule has 2 aromatic rings. The lowest BCUT2D eigenvalue weighted by Gasteiger charge is -2.13. The Kier molecular flexibility index (Phi) is 5.07. The average molecular weight is 376 g/mol. The van der Waals surface area contributed by atoms with Crippen LogP contribution in [0.4, 0.5) is 0 Å². The zero-order chi connectivity index (χ0) is 17.1. The minimum Gasteiger partial charge on any atom is -0.258 e. The molecule has 0 saturated carbocycles. The SMILES string of the molecule is CP(=O)(OS(=O)(=O)c1ccccc1)OS(=O)(=O)c1ccccc1. The largest absolute Gasteiger partial charge is 0.357 e. The molecule has 0 bridgehead atoms. The summed E-state index contributed by atoms with van der Waals surface area (Å²) in [6.45, 7) is 0.772. The summed E-state index contributed by atoms with van der Waals surface area (Å²) in [5.41, 5.74) is 0. The highest BCUT2D eigenvalue weighted by Gasteiger charge is 2.34. The molecule has 0 atom stereocenters. The molecular formula is C13H13O7PS2. The highest BCUT2D eigenvalue weighted by Crippen LogP contribution is 2.49. The Hall–Kier alpha value is -1.51.